The van der Waals surface area contributed by atoms with Crippen molar-refractivity contribution in [1.82, 2.24) is 34.1 Å². The van der Waals surface area contributed by atoms with E-state index in [4.69, 9.17) is 9.72 Å². The first-order valence-electron chi connectivity index (χ1n) is 14.2. The van der Waals surface area contributed by atoms with Gasteiger partial charge < -0.3 is 15.0 Å². The minimum absolute atomic E-state index is 0.137. The molecule has 220 valence electrons. The van der Waals surface area contributed by atoms with Gasteiger partial charge in [0.15, 0.2) is 11.5 Å². The molecular weight excluding hydrogens is 554 g/mol. The number of carbonyl (C=O) groups is 1. The molecule has 2 amide bonds. The second-order valence-corrected chi connectivity index (χ2v) is 13.2. The number of aryl methyl sites for hydroxylation is 1. The van der Waals surface area contributed by atoms with E-state index >= 15 is 0 Å². The van der Waals surface area contributed by atoms with Gasteiger partial charge in [-0.15, -0.1) is 0 Å². The largest absolute Gasteiger partial charge is 0.491 e. The van der Waals surface area contributed by atoms with Crippen LogP contribution in [0.5, 0.6) is 5.75 Å². The number of fused-ring (bicyclic) bond motifs is 1. The Balaban J connectivity index is 1.05. The molecule has 1 atom stereocenters. The molecule has 5 heterocycles. The number of hydrogen-bond acceptors (Lipinski definition) is 7. The Bertz CT molecular complexity index is 1670. The van der Waals surface area contributed by atoms with Crippen molar-refractivity contribution in [3.05, 3.63) is 84.1 Å². The molecule has 0 bridgehead atoms. The number of rotatable bonds is 9. The molecule has 3 aromatic heterocycles. The van der Waals surface area contributed by atoms with E-state index in [9.17, 15) is 13.2 Å². The lowest BCUT2D eigenvalue weighted by atomic mass is 9.89. The van der Waals surface area contributed by atoms with Crippen molar-refractivity contribution in [3.8, 4) is 5.75 Å². The smallest absolute Gasteiger partial charge is 0.317 e. The maximum atomic E-state index is 13.0. The molecule has 42 heavy (non-hydrogen) atoms. The Morgan fingerprint density at radius 1 is 1.12 bits per heavy atom. The van der Waals surface area contributed by atoms with E-state index in [-0.39, 0.29) is 16.8 Å². The third-order valence-electron chi connectivity index (χ3n) is 8.21. The summed E-state index contributed by atoms with van der Waals surface area (Å²) in [6.45, 7) is 6.35. The predicted octanol–water partition coefficient (Wildman–Crippen LogP) is 3.41. The van der Waals surface area contributed by atoms with Gasteiger partial charge in [-0.05, 0) is 49.1 Å². The molecule has 0 saturated carbocycles. The van der Waals surface area contributed by atoms with Gasteiger partial charge in [0.05, 0.1) is 18.3 Å². The molecule has 1 N–H and O–H groups in total. The fraction of sp³-hybridized carbons (Fsp3) is 0.400. The van der Waals surface area contributed by atoms with Crippen molar-refractivity contribution >= 4 is 21.7 Å². The number of urea groups is 1. The highest BCUT2D eigenvalue weighted by atomic mass is 32.2. The minimum atomic E-state index is -3.61. The topological polar surface area (TPSA) is 122 Å². The van der Waals surface area contributed by atoms with Gasteiger partial charge in [-0.25, -0.2) is 22.7 Å². The number of piperidine rings is 1. The number of sulfonamides is 1. The van der Waals surface area contributed by atoms with Gasteiger partial charge in [-0.2, -0.15) is 9.40 Å². The van der Waals surface area contributed by atoms with Crippen molar-refractivity contribution in [3.63, 3.8) is 0 Å². The van der Waals surface area contributed by atoms with Gasteiger partial charge in [0.1, 0.15) is 10.6 Å². The second kappa shape index (κ2) is 11.3. The Hall–Kier alpha value is -4.03. The number of ether oxygens (including phenoxy) is 1. The first-order chi connectivity index (χ1) is 20.2. The normalized spacial score (nSPS) is 18.0. The lowest BCUT2D eigenvalue weighted by molar-refractivity contribution is 0.210. The van der Waals surface area contributed by atoms with Crippen LogP contribution in [0.2, 0.25) is 0 Å². The quantitative estimate of drug-likeness (QED) is 0.318. The van der Waals surface area contributed by atoms with Crippen LogP contribution in [0.15, 0.2) is 72.0 Å². The molecule has 0 radical (unpaired) electrons. The SMILES string of the molecule is Cc1cc(OC[C@H](C)c2ccccc2)cn2nc(CCN3CC4(CCN(S(=O)(=O)c5cccnc5)CC4)NC3=O)nc12. The van der Waals surface area contributed by atoms with Crippen LogP contribution in [0.4, 0.5) is 4.79 Å². The van der Waals surface area contributed by atoms with E-state index in [0.29, 0.717) is 57.9 Å². The molecule has 1 aromatic carbocycles. The number of nitrogens with one attached hydrogen (secondary N) is 1. The predicted molar refractivity (Wildman–Crippen MR) is 157 cm³/mol. The number of amides is 2. The highest BCUT2D eigenvalue weighted by Crippen LogP contribution is 2.31. The lowest BCUT2D eigenvalue weighted by Crippen LogP contribution is -2.53. The Morgan fingerprint density at radius 2 is 1.90 bits per heavy atom. The number of pyridine rings is 2. The van der Waals surface area contributed by atoms with Gasteiger partial charge in [0.25, 0.3) is 0 Å². The highest BCUT2D eigenvalue weighted by molar-refractivity contribution is 7.89. The maximum Gasteiger partial charge on any atom is 0.317 e. The van der Waals surface area contributed by atoms with Crippen LogP contribution in [0.25, 0.3) is 5.65 Å². The van der Waals surface area contributed by atoms with Crippen LogP contribution >= 0.6 is 0 Å². The van der Waals surface area contributed by atoms with Crippen molar-refractivity contribution in [1.29, 1.82) is 0 Å². The summed E-state index contributed by atoms with van der Waals surface area (Å²) in [5.74, 6) is 1.64. The molecule has 2 fully saturated rings. The van der Waals surface area contributed by atoms with Crippen LogP contribution in [-0.2, 0) is 16.4 Å². The summed E-state index contributed by atoms with van der Waals surface area (Å²) < 4.78 is 35.3. The van der Waals surface area contributed by atoms with Gasteiger partial charge in [0, 0.05) is 50.9 Å². The Kier molecular flexibility index (Phi) is 7.58. The Labute approximate surface area is 245 Å². The lowest BCUT2D eigenvalue weighted by Gasteiger charge is -2.38. The monoisotopic (exact) mass is 589 g/mol. The fourth-order valence-electron chi connectivity index (χ4n) is 5.73. The molecule has 0 unspecified atom stereocenters. The summed E-state index contributed by atoms with van der Waals surface area (Å²) in [6.07, 6.45) is 6.37. The van der Waals surface area contributed by atoms with E-state index < -0.39 is 15.6 Å². The van der Waals surface area contributed by atoms with Crippen molar-refractivity contribution in [2.45, 2.75) is 49.5 Å². The average molecular weight is 590 g/mol. The van der Waals surface area contributed by atoms with Crippen LogP contribution in [0, 0.1) is 6.92 Å². The molecule has 2 saturated heterocycles. The third kappa shape index (κ3) is 5.68. The fourth-order valence-corrected chi connectivity index (χ4v) is 7.14. The van der Waals surface area contributed by atoms with Crippen molar-refractivity contribution in [2.24, 2.45) is 0 Å². The van der Waals surface area contributed by atoms with E-state index in [0.717, 1.165) is 17.0 Å². The average Bonchev–Trinajstić information content (AvgIpc) is 3.56. The summed E-state index contributed by atoms with van der Waals surface area (Å²) in [4.78, 5) is 23.5. The zero-order chi connectivity index (χ0) is 29.3. The van der Waals surface area contributed by atoms with Crippen molar-refractivity contribution < 1.29 is 17.9 Å². The summed E-state index contributed by atoms with van der Waals surface area (Å²) in [5.41, 5.74) is 2.51. The summed E-state index contributed by atoms with van der Waals surface area (Å²) in [6, 6.07) is 15.3. The van der Waals surface area contributed by atoms with Gasteiger partial charge in [-0.1, -0.05) is 37.3 Å². The van der Waals surface area contributed by atoms with E-state index in [1.165, 1.54) is 16.1 Å². The first-order valence-corrected chi connectivity index (χ1v) is 15.7. The molecule has 2 aliphatic heterocycles. The van der Waals surface area contributed by atoms with E-state index in [1.807, 2.05) is 37.4 Å². The molecule has 12 heteroatoms. The highest BCUT2D eigenvalue weighted by Gasteiger charge is 2.46. The maximum absolute atomic E-state index is 13.0. The number of carbonyl (C=O) groups excluding carboxylic acids is 1. The second-order valence-electron chi connectivity index (χ2n) is 11.3. The van der Waals surface area contributed by atoms with E-state index in [2.05, 4.69) is 34.5 Å². The summed E-state index contributed by atoms with van der Waals surface area (Å²) in [7, 11) is -3.61. The molecule has 4 aromatic rings. The summed E-state index contributed by atoms with van der Waals surface area (Å²) >= 11 is 0. The molecule has 0 aliphatic carbocycles. The van der Waals surface area contributed by atoms with Crippen LogP contribution < -0.4 is 10.1 Å². The van der Waals surface area contributed by atoms with Crippen LogP contribution in [0.1, 0.15) is 42.6 Å². The molecule has 2 aliphatic rings. The number of hydrogen-bond donors (Lipinski definition) is 1. The molecular formula is C30H35N7O4S. The molecule has 11 nitrogen and oxygen atoms in total. The molecule has 1 spiro atoms. The number of nitrogens with zero attached hydrogens (tertiary/aromatic N) is 6. The van der Waals surface area contributed by atoms with E-state index in [1.54, 1.807) is 27.7 Å². The number of benzene rings is 1. The first kappa shape index (κ1) is 28.1. The van der Waals surface area contributed by atoms with Gasteiger partial charge >= 0.3 is 6.03 Å². The van der Waals surface area contributed by atoms with Crippen LogP contribution in [-0.4, -0.2) is 81.6 Å². The molecule has 6 rings (SSSR count). The standard InChI is InChI=1S/C30H35N7O4S/c1-22-17-25(41-20-23(2)24-7-4-3-5-8-24)19-37-28(22)32-27(34-37)10-14-35-21-30(33-29(35)38)11-15-36(16-12-30)42(39,40)26-9-6-13-31-18-26/h3-9,13,17-19,23H,10-12,14-16,20-21H2,1-2H3,(H,33,38)/t23-/m0/s1. The number of aromatic nitrogens is 4. The summed E-state index contributed by atoms with van der Waals surface area (Å²) in [5, 5.41) is 7.80. The zero-order valence-electron chi connectivity index (χ0n) is 23.8. The van der Waals surface area contributed by atoms with Crippen molar-refractivity contribution in [2.75, 3.05) is 32.8 Å². The zero-order valence-corrected chi connectivity index (χ0v) is 24.6. The van der Waals surface area contributed by atoms with Gasteiger partial charge in [-0.3, -0.25) is 4.98 Å². The third-order valence-corrected chi connectivity index (χ3v) is 10.1. The van der Waals surface area contributed by atoms with Gasteiger partial charge in [0.2, 0.25) is 10.0 Å². The van der Waals surface area contributed by atoms with Crippen LogP contribution in [0.3, 0.4) is 0 Å². The minimum Gasteiger partial charge on any atom is -0.491 e. The Morgan fingerprint density at radius 3 is 2.64 bits per heavy atom.